The molecule has 4 heteroatoms. The molecule has 0 fully saturated rings. The monoisotopic (exact) mass is 435 g/mol. The van der Waals surface area contributed by atoms with Crippen molar-refractivity contribution in [2.45, 2.75) is 26.5 Å². The maximum absolute atomic E-state index is 6.52. The summed E-state index contributed by atoms with van der Waals surface area (Å²) in [5.41, 5.74) is 4.52. The SMILES string of the molecule is CCc1ccccc1NCc1cc(Cl)c(OCc2cccc3ccccc23)c(Cl)c1. The molecular weight excluding hydrogens is 413 g/mol. The molecule has 0 atom stereocenters. The van der Waals surface area contributed by atoms with Gasteiger partial charge in [-0.05, 0) is 52.1 Å². The largest absolute Gasteiger partial charge is 0.486 e. The predicted octanol–water partition coefficient (Wildman–Crippen LogP) is 7.90. The van der Waals surface area contributed by atoms with Crippen molar-refractivity contribution in [1.29, 1.82) is 0 Å². The summed E-state index contributed by atoms with van der Waals surface area (Å²) in [5.74, 6) is 0.518. The molecule has 0 heterocycles. The number of aryl methyl sites for hydroxylation is 1. The van der Waals surface area contributed by atoms with E-state index >= 15 is 0 Å². The van der Waals surface area contributed by atoms with Gasteiger partial charge in [-0.15, -0.1) is 0 Å². The highest BCUT2D eigenvalue weighted by molar-refractivity contribution is 6.37. The molecule has 30 heavy (non-hydrogen) atoms. The Morgan fingerprint density at radius 1 is 0.800 bits per heavy atom. The fourth-order valence-corrected chi connectivity index (χ4v) is 4.26. The number of ether oxygens (including phenoxy) is 1. The van der Waals surface area contributed by atoms with E-state index in [0.717, 1.165) is 23.2 Å². The van der Waals surface area contributed by atoms with E-state index in [1.807, 2.05) is 36.4 Å². The Hall–Kier alpha value is -2.68. The molecule has 0 amide bonds. The van der Waals surface area contributed by atoms with Gasteiger partial charge >= 0.3 is 0 Å². The first-order chi connectivity index (χ1) is 14.7. The van der Waals surface area contributed by atoms with Crippen LogP contribution in [0.5, 0.6) is 5.75 Å². The third-order valence-corrected chi connectivity index (χ3v) is 5.75. The van der Waals surface area contributed by atoms with Crippen LogP contribution in [0, 0.1) is 0 Å². The van der Waals surface area contributed by atoms with Crippen molar-refractivity contribution in [2.24, 2.45) is 0 Å². The average molecular weight is 436 g/mol. The number of rotatable bonds is 7. The van der Waals surface area contributed by atoms with E-state index in [9.17, 15) is 0 Å². The lowest BCUT2D eigenvalue weighted by Crippen LogP contribution is -2.03. The van der Waals surface area contributed by atoms with Gasteiger partial charge in [0.15, 0.2) is 5.75 Å². The van der Waals surface area contributed by atoms with Crippen LogP contribution in [0.1, 0.15) is 23.6 Å². The summed E-state index contributed by atoms with van der Waals surface area (Å²) in [6.45, 7) is 3.19. The molecule has 0 saturated carbocycles. The van der Waals surface area contributed by atoms with Crippen LogP contribution >= 0.6 is 23.2 Å². The highest BCUT2D eigenvalue weighted by Gasteiger charge is 2.11. The van der Waals surface area contributed by atoms with Gasteiger partial charge in [0.25, 0.3) is 0 Å². The molecule has 4 aromatic carbocycles. The van der Waals surface area contributed by atoms with Gasteiger partial charge in [0, 0.05) is 12.2 Å². The summed E-state index contributed by atoms with van der Waals surface area (Å²) in [4.78, 5) is 0. The minimum Gasteiger partial charge on any atom is -0.486 e. The maximum atomic E-state index is 6.52. The van der Waals surface area contributed by atoms with Crippen molar-refractivity contribution in [3.05, 3.63) is 106 Å². The van der Waals surface area contributed by atoms with Gasteiger partial charge in [-0.25, -0.2) is 0 Å². The number of nitrogens with one attached hydrogen (secondary N) is 1. The number of hydrogen-bond donors (Lipinski definition) is 1. The average Bonchev–Trinajstić information content (AvgIpc) is 2.77. The van der Waals surface area contributed by atoms with E-state index in [2.05, 4.69) is 54.7 Å². The Morgan fingerprint density at radius 2 is 1.47 bits per heavy atom. The Balaban J connectivity index is 1.49. The minimum absolute atomic E-state index is 0.405. The zero-order valence-corrected chi connectivity index (χ0v) is 18.3. The van der Waals surface area contributed by atoms with E-state index in [1.165, 1.54) is 16.3 Å². The van der Waals surface area contributed by atoms with Crippen molar-refractivity contribution in [1.82, 2.24) is 0 Å². The van der Waals surface area contributed by atoms with Gasteiger partial charge in [-0.3, -0.25) is 0 Å². The van der Waals surface area contributed by atoms with Crippen molar-refractivity contribution >= 4 is 39.7 Å². The van der Waals surface area contributed by atoms with Crippen molar-refractivity contribution in [3.8, 4) is 5.75 Å². The van der Waals surface area contributed by atoms with Crippen LogP contribution in [0.15, 0.2) is 78.9 Å². The van der Waals surface area contributed by atoms with Crippen LogP contribution in [0.4, 0.5) is 5.69 Å². The van der Waals surface area contributed by atoms with Crippen LogP contribution in [-0.2, 0) is 19.6 Å². The molecule has 1 N–H and O–H groups in total. The summed E-state index contributed by atoms with van der Waals surface area (Å²) in [7, 11) is 0. The maximum Gasteiger partial charge on any atom is 0.156 e. The summed E-state index contributed by atoms with van der Waals surface area (Å²) in [5, 5.41) is 6.86. The Morgan fingerprint density at radius 3 is 2.27 bits per heavy atom. The molecule has 0 radical (unpaired) electrons. The number of hydrogen-bond acceptors (Lipinski definition) is 2. The Bertz CT molecular complexity index is 1140. The molecule has 0 aliphatic carbocycles. The molecule has 0 aliphatic heterocycles. The molecule has 4 aromatic rings. The quantitative estimate of drug-likeness (QED) is 0.318. The van der Waals surface area contributed by atoms with E-state index < -0.39 is 0 Å². The third-order valence-electron chi connectivity index (χ3n) is 5.19. The van der Waals surface area contributed by atoms with Gasteiger partial charge in [0.1, 0.15) is 6.61 Å². The summed E-state index contributed by atoms with van der Waals surface area (Å²) in [6.07, 6.45) is 0.978. The van der Waals surface area contributed by atoms with Crippen LogP contribution < -0.4 is 10.1 Å². The molecule has 152 valence electrons. The van der Waals surface area contributed by atoms with Crippen molar-refractivity contribution < 1.29 is 4.74 Å². The Labute approximate surface area is 187 Å². The second-order valence-corrected chi connectivity index (χ2v) is 7.99. The number of halogens is 2. The van der Waals surface area contributed by atoms with Crippen LogP contribution in [0.3, 0.4) is 0 Å². The van der Waals surface area contributed by atoms with Crippen molar-refractivity contribution in [2.75, 3.05) is 5.32 Å². The predicted molar refractivity (Wildman–Crippen MR) is 128 cm³/mol. The normalized spacial score (nSPS) is 10.9. The molecule has 2 nitrogen and oxygen atoms in total. The molecule has 0 unspecified atom stereocenters. The lowest BCUT2D eigenvalue weighted by atomic mass is 10.1. The number of benzene rings is 4. The summed E-state index contributed by atoms with van der Waals surface area (Å²) >= 11 is 13.0. The topological polar surface area (TPSA) is 21.3 Å². The van der Waals surface area contributed by atoms with Crippen LogP contribution in [0.25, 0.3) is 10.8 Å². The van der Waals surface area contributed by atoms with Gasteiger partial charge in [-0.2, -0.15) is 0 Å². The molecule has 0 saturated heterocycles. The van der Waals surface area contributed by atoms with Gasteiger partial charge in [0.05, 0.1) is 10.0 Å². The first kappa shape index (κ1) is 20.6. The number of anilines is 1. The molecule has 0 aromatic heterocycles. The summed E-state index contributed by atoms with van der Waals surface area (Å²) in [6, 6.07) is 26.6. The van der Waals surface area contributed by atoms with Crippen molar-refractivity contribution in [3.63, 3.8) is 0 Å². The Kier molecular flexibility index (Phi) is 6.47. The first-order valence-electron chi connectivity index (χ1n) is 10.0. The molecule has 0 spiro atoms. The van der Waals surface area contributed by atoms with Gasteiger partial charge < -0.3 is 10.1 Å². The van der Waals surface area contributed by atoms with Crippen LogP contribution in [-0.4, -0.2) is 0 Å². The second kappa shape index (κ2) is 9.42. The van der Waals surface area contributed by atoms with Gasteiger partial charge in [-0.1, -0.05) is 90.8 Å². The zero-order chi connectivity index (χ0) is 20.9. The zero-order valence-electron chi connectivity index (χ0n) is 16.8. The van der Waals surface area contributed by atoms with Crippen LogP contribution in [0.2, 0.25) is 10.0 Å². The fraction of sp³-hybridized carbons (Fsp3) is 0.154. The number of para-hydroxylation sites is 1. The molecular formula is C26H23Cl2NO. The smallest absolute Gasteiger partial charge is 0.156 e. The lowest BCUT2D eigenvalue weighted by molar-refractivity contribution is 0.308. The lowest BCUT2D eigenvalue weighted by Gasteiger charge is -2.15. The van der Waals surface area contributed by atoms with E-state index in [4.69, 9.17) is 27.9 Å². The third kappa shape index (κ3) is 4.56. The van der Waals surface area contributed by atoms with E-state index in [1.54, 1.807) is 0 Å². The number of fused-ring (bicyclic) bond motifs is 1. The molecule has 4 rings (SSSR count). The van der Waals surface area contributed by atoms with E-state index in [0.29, 0.717) is 28.9 Å². The van der Waals surface area contributed by atoms with Gasteiger partial charge in [0.2, 0.25) is 0 Å². The molecule has 0 bridgehead atoms. The highest BCUT2D eigenvalue weighted by Crippen LogP contribution is 2.35. The summed E-state index contributed by atoms with van der Waals surface area (Å²) < 4.78 is 6.03. The second-order valence-electron chi connectivity index (χ2n) is 7.18. The fourth-order valence-electron chi connectivity index (χ4n) is 3.62. The molecule has 0 aliphatic rings. The standard InChI is InChI=1S/C26H23Cl2NO/c1-2-19-8-4-6-13-25(19)29-16-18-14-23(27)26(24(28)15-18)30-17-21-11-7-10-20-9-3-5-12-22(20)21/h3-15,29H,2,16-17H2,1H3. The highest BCUT2D eigenvalue weighted by atomic mass is 35.5. The van der Waals surface area contributed by atoms with E-state index in [-0.39, 0.29) is 0 Å². The minimum atomic E-state index is 0.405. The first-order valence-corrected chi connectivity index (χ1v) is 10.8.